The number of halogens is 1. The molecule has 0 atom stereocenters. The van der Waals surface area contributed by atoms with Gasteiger partial charge in [-0.1, -0.05) is 29.8 Å². The van der Waals surface area contributed by atoms with Crippen LogP contribution >= 0.6 is 11.6 Å². The fraction of sp³-hybridized carbons (Fsp3) is 0.500. The van der Waals surface area contributed by atoms with E-state index in [1.165, 1.54) is 11.3 Å². The van der Waals surface area contributed by atoms with Crippen molar-refractivity contribution >= 4 is 11.6 Å². The Bertz CT molecular complexity index is 625. The van der Waals surface area contributed by atoms with E-state index >= 15 is 0 Å². The second kappa shape index (κ2) is 9.06. The standard InChI is InChI=1S/C18H26ClN3O/c1-14-17(12-20-10-6-7-11-23-3)15(2)22(21-14)13-16-8-4-5-9-18(16)19/h4-5,8-9,20H,6-7,10-13H2,1-3H3. The number of hydrogen-bond donors (Lipinski definition) is 1. The van der Waals surface area contributed by atoms with Gasteiger partial charge in [0, 0.05) is 36.5 Å². The average Bonchev–Trinajstić information content (AvgIpc) is 2.80. The molecule has 1 aromatic heterocycles. The first-order valence-electron chi connectivity index (χ1n) is 8.09. The van der Waals surface area contributed by atoms with Gasteiger partial charge in [0.2, 0.25) is 0 Å². The van der Waals surface area contributed by atoms with Crippen LogP contribution in [0.5, 0.6) is 0 Å². The highest BCUT2D eigenvalue weighted by Crippen LogP contribution is 2.19. The lowest BCUT2D eigenvalue weighted by molar-refractivity contribution is 0.192. The molecule has 5 heteroatoms. The molecule has 23 heavy (non-hydrogen) atoms. The molecule has 0 amide bonds. The molecule has 2 aromatic rings. The fourth-order valence-corrected chi connectivity index (χ4v) is 2.84. The molecule has 1 aromatic carbocycles. The third-order valence-corrected chi connectivity index (χ3v) is 4.43. The van der Waals surface area contributed by atoms with Gasteiger partial charge in [-0.05, 0) is 44.9 Å². The van der Waals surface area contributed by atoms with Crippen molar-refractivity contribution in [1.29, 1.82) is 0 Å². The average molecular weight is 336 g/mol. The summed E-state index contributed by atoms with van der Waals surface area (Å²) in [6.07, 6.45) is 2.22. The summed E-state index contributed by atoms with van der Waals surface area (Å²) in [5, 5.41) is 8.96. The third-order valence-electron chi connectivity index (χ3n) is 4.06. The molecule has 0 saturated heterocycles. The minimum Gasteiger partial charge on any atom is -0.385 e. The molecular weight excluding hydrogens is 310 g/mol. The van der Waals surface area contributed by atoms with Gasteiger partial charge in [-0.15, -0.1) is 0 Å². The fourth-order valence-electron chi connectivity index (χ4n) is 2.64. The van der Waals surface area contributed by atoms with Crippen molar-refractivity contribution < 1.29 is 4.74 Å². The minimum atomic E-state index is 0.709. The number of aryl methyl sites for hydroxylation is 1. The van der Waals surface area contributed by atoms with Gasteiger partial charge in [0.25, 0.3) is 0 Å². The first-order valence-corrected chi connectivity index (χ1v) is 8.47. The van der Waals surface area contributed by atoms with E-state index in [9.17, 15) is 0 Å². The van der Waals surface area contributed by atoms with E-state index in [-0.39, 0.29) is 0 Å². The van der Waals surface area contributed by atoms with Crippen LogP contribution in [0.15, 0.2) is 24.3 Å². The molecule has 1 N–H and O–H groups in total. The van der Waals surface area contributed by atoms with E-state index < -0.39 is 0 Å². The van der Waals surface area contributed by atoms with Crippen molar-refractivity contribution in [2.75, 3.05) is 20.3 Å². The van der Waals surface area contributed by atoms with Crippen LogP contribution < -0.4 is 5.32 Å². The number of ether oxygens (including phenoxy) is 1. The zero-order chi connectivity index (χ0) is 16.7. The molecule has 0 aliphatic carbocycles. The number of methoxy groups -OCH3 is 1. The number of aromatic nitrogens is 2. The van der Waals surface area contributed by atoms with Crippen LogP contribution in [-0.2, 0) is 17.8 Å². The SMILES string of the molecule is COCCCCNCc1c(C)nn(Cc2ccccc2Cl)c1C. The maximum atomic E-state index is 6.25. The second-order valence-electron chi connectivity index (χ2n) is 5.78. The highest BCUT2D eigenvalue weighted by atomic mass is 35.5. The van der Waals surface area contributed by atoms with Gasteiger partial charge >= 0.3 is 0 Å². The summed E-state index contributed by atoms with van der Waals surface area (Å²) in [4.78, 5) is 0. The summed E-state index contributed by atoms with van der Waals surface area (Å²) in [5.41, 5.74) is 4.66. The first kappa shape index (κ1) is 18.0. The molecule has 0 fully saturated rings. The Morgan fingerprint density at radius 1 is 1.22 bits per heavy atom. The van der Waals surface area contributed by atoms with Crippen LogP contribution in [-0.4, -0.2) is 30.0 Å². The van der Waals surface area contributed by atoms with Crippen molar-refractivity contribution in [3.63, 3.8) is 0 Å². The molecule has 1 heterocycles. The number of unbranched alkanes of at least 4 members (excludes halogenated alkanes) is 1. The van der Waals surface area contributed by atoms with E-state index in [4.69, 9.17) is 16.3 Å². The number of nitrogens with zero attached hydrogens (tertiary/aromatic N) is 2. The van der Waals surface area contributed by atoms with E-state index in [0.29, 0.717) is 6.54 Å². The van der Waals surface area contributed by atoms with Crippen LogP contribution in [0.3, 0.4) is 0 Å². The van der Waals surface area contributed by atoms with Gasteiger partial charge in [-0.25, -0.2) is 0 Å². The molecule has 0 saturated carbocycles. The maximum Gasteiger partial charge on any atom is 0.0677 e. The van der Waals surface area contributed by atoms with Gasteiger partial charge in [0.05, 0.1) is 12.2 Å². The van der Waals surface area contributed by atoms with E-state index in [2.05, 4.69) is 24.3 Å². The highest BCUT2D eigenvalue weighted by molar-refractivity contribution is 6.31. The van der Waals surface area contributed by atoms with Crippen molar-refractivity contribution in [3.05, 3.63) is 51.8 Å². The normalized spacial score (nSPS) is 11.1. The molecule has 2 rings (SSSR count). The molecule has 126 valence electrons. The zero-order valence-electron chi connectivity index (χ0n) is 14.2. The zero-order valence-corrected chi connectivity index (χ0v) is 15.0. The lowest BCUT2D eigenvalue weighted by Crippen LogP contribution is -2.16. The first-order chi connectivity index (χ1) is 11.1. The Kier molecular flexibility index (Phi) is 7.09. The quantitative estimate of drug-likeness (QED) is 0.710. The van der Waals surface area contributed by atoms with Crippen molar-refractivity contribution in [2.24, 2.45) is 0 Å². The molecule has 0 aliphatic heterocycles. The van der Waals surface area contributed by atoms with Crippen LogP contribution in [0.2, 0.25) is 5.02 Å². The molecule has 4 nitrogen and oxygen atoms in total. The molecule has 0 aliphatic rings. The summed E-state index contributed by atoms with van der Waals surface area (Å²) in [6, 6.07) is 7.93. The maximum absolute atomic E-state index is 6.25. The monoisotopic (exact) mass is 335 g/mol. The van der Waals surface area contributed by atoms with Crippen molar-refractivity contribution in [3.8, 4) is 0 Å². The second-order valence-corrected chi connectivity index (χ2v) is 6.18. The molecule has 0 radical (unpaired) electrons. The number of nitrogens with one attached hydrogen (secondary N) is 1. The highest BCUT2D eigenvalue weighted by Gasteiger charge is 2.12. The van der Waals surface area contributed by atoms with Gasteiger partial charge < -0.3 is 10.1 Å². The predicted octanol–water partition coefficient (Wildman–Crippen LogP) is 3.72. The minimum absolute atomic E-state index is 0.709. The van der Waals surface area contributed by atoms with Crippen molar-refractivity contribution in [1.82, 2.24) is 15.1 Å². The Morgan fingerprint density at radius 2 is 2.00 bits per heavy atom. The predicted molar refractivity (Wildman–Crippen MR) is 95.1 cm³/mol. The Labute approximate surface area is 143 Å². The molecular formula is C18H26ClN3O. The Balaban J connectivity index is 1.95. The topological polar surface area (TPSA) is 39.1 Å². The van der Waals surface area contributed by atoms with Gasteiger partial charge in [0.15, 0.2) is 0 Å². The molecule has 0 unspecified atom stereocenters. The smallest absolute Gasteiger partial charge is 0.0677 e. The lowest BCUT2D eigenvalue weighted by atomic mass is 10.2. The Morgan fingerprint density at radius 3 is 2.74 bits per heavy atom. The Hall–Kier alpha value is -1.36. The van der Waals surface area contributed by atoms with E-state index in [0.717, 1.165) is 48.8 Å². The van der Waals surface area contributed by atoms with Crippen LogP contribution in [0.25, 0.3) is 0 Å². The van der Waals surface area contributed by atoms with Crippen molar-refractivity contribution in [2.45, 2.75) is 39.8 Å². The summed E-state index contributed by atoms with van der Waals surface area (Å²) >= 11 is 6.25. The van der Waals surface area contributed by atoms with Crippen LogP contribution in [0, 0.1) is 13.8 Å². The summed E-state index contributed by atoms with van der Waals surface area (Å²) in [6.45, 7) is 7.58. The lowest BCUT2D eigenvalue weighted by Gasteiger charge is -2.08. The van der Waals surface area contributed by atoms with E-state index in [1.807, 2.05) is 28.9 Å². The summed E-state index contributed by atoms with van der Waals surface area (Å²) in [7, 11) is 1.74. The molecule has 0 bridgehead atoms. The number of rotatable bonds is 9. The molecule has 0 spiro atoms. The summed E-state index contributed by atoms with van der Waals surface area (Å²) < 4.78 is 7.10. The number of benzene rings is 1. The van der Waals surface area contributed by atoms with Gasteiger partial charge in [-0.2, -0.15) is 5.10 Å². The van der Waals surface area contributed by atoms with Gasteiger partial charge in [0.1, 0.15) is 0 Å². The van der Waals surface area contributed by atoms with Crippen LogP contribution in [0.4, 0.5) is 0 Å². The summed E-state index contributed by atoms with van der Waals surface area (Å²) in [5.74, 6) is 0. The van der Waals surface area contributed by atoms with Gasteiger partial charge in [-0.3, -0.25) is 4.68 Å². The van der Waals surface area contributed by atoms with Crippen LogP contribution in [0.1, 0.15) is 35.4 Å². The third kappa shape index (κ3) is 5.06. The van der Waals surface area contributed by atoms with E-state index in [1.54, 1.807) is 7.11 Å². The largest absolute Gasteiger partial charge is 0.385 e. The number of hydrogen-bond acceptors (Lipinski definition) is 3.